The minimum atomic E-state index is -0.678. The molecule has 0 unspecified atom stereocenters. The molecule has 0 spiro atoms. The van der Waals surface area contributed by atoms with E-state index < -0.39 is 17.1 Å². The molecule has 1 aliphatic rings. The Morgan fingerprint density at radius 3 is 1.94 bits per heavy atom. The molecule has 1 aromatic carbocycles. The van der Waals surface area contributed by atoms with Gasteiger partial charge in [0.25, 0.3) is 0 Å². The van der Waals surface area contributed by atoms with Crippen molar-refractivity contribution in [1.82, 2.24) is 18.6 Å². The number of allylic oxidation sites excluding steroid dienone is 2. The first-order valence-corrected chi connectivity index (χ1v) is 10.2. The number of piperidine rings is 1. The van der Waals surface area contributed by atoms with Crippen molar-refractivity contribution in [2.75, 3.05) is 18.4 Å². The number of hydrogen-bond acceptors (Lipinski definition) is 5. The predicted molar refractivity (Wildman–Crippen MR) is 119 cm³/mol. The SMILES string of the molecule is C=CCn1c(=O)n(CC=C)c(=O)n(CN2CCC(C(=O)Nc3ccccc3)CC2)c1=O. The molecule has 0 radical (unpaired) electrons. The van der Waals surface area contributed by atoms with Crippen LogP contribution >= 0.6 is 0 Å². The maximum Gasteiger partial charge on any atom is 0.337 e. The van der Waals surface area contributed by atoms with Crippen LogP contribution in [-0.2, 0) is 24.6 Å². The Bertz CT molecular complexity index is 1070. The highest BCUT2D eigenvalue weighted by Gasteiger charge is 2.26. The fourth-order valence-corrected chi connectivity index (χ4v) is 3.68. The maximum absolute atomic E-state index is 12.8. The molecule has 3 rings (SSSR count). The number of benzene rings is 1. The quantitative estimate of drug-likeness (QED) is 0.633. The van der Waals surface area contributed by atoms with Crippen LogP contribution in [-0.4, -0.2) is 37.6 Å². The van der Waals surface area contributed by atoms with Crippen LogP contribution in [0.4, 0.5) is 5.69 Å². The fraction of sp³-hybridized carbons (Fsp3) is 0.364. The van der Waals surface area contributed by atoms with Crippen molar-refractivity contribution < 1.29 is 4.79 Å². The molecule has 0 bridgehead atoms. The predicted octanol–water partition coefficient (Wildman–Crippen LogP) is 0.852. The van der Waals surface area contributed by atoms with Crippen molar-refractivity contribution in [2.45, 2.75) is 32.6 Å². The minimum absolute atomic E-state index is 0.0107. The fourth-order valence-electron chi connectivity index (χ4n) is 3.68. The third-order valence-electron chi connectivity index (χ3n) is 5.35. The first kappa shape index (κ1) is 22.2. The summed E-state index contributed by atoms with van der Waals surface area (Å²) in [7, 11) is 0. The second-order valence-corrected chi connectivity index (χ2v) is 7.46. The number of carbonyl (C=O) groups excluding carboxylic acids is 1. The molecule has 1 aliphatic heterocycles. The highest BCUT2D eigenvalue weighted by atomic mass is 16.2. The molecule has 9 nitrogen and oxygen atoms in total. The lowest BCUT2D eigenvalue weighted by atomic mass is 9.96. The number of hydrogen-bond donors (Lipinski definition) is 1. The first-order chi connectivity index (χ1) is 15.0. The zero-order valence-electron chi connectivity index (χ0n) is 17.4. The molecule has 1 aromatic heterocycles. The number of para-hydroxylation sites is 1. The van der Waals surface area contributed by atoms with E-state index in [0.29, 0.717) is 25.9 Å². The number of amides is 1. The summed E-state index contributed by atoms with van der Waals surface area (Å²) in [6, 6.07) is 9.29. The highest BCUT2D eigenvalue weighted by molar-refractivity contribution is 5.92. The molecule has 164 valence electrons. The third kappa shape index (κ3) is 5.00. The van der Waals surface area contributed by atoms with Crippen LogP contribution in [0.1, 0.15) is 12.8 Å². The Morgan fingerprint density at radius 1 is 0.903 bits per heavy atom. The Labute approximate surface area is 179 Å². The van der Waals surface area contributed by atoms with Crippen molar-refractivity contribution in [3.05, 3.63) is 87.1 Å². The van der Waals surface area contributed by atoms with Crippen LogP contribution in [0.3, 0.4) is 0 Å². The Morgan fingerprint density at radius 2 is 1.42 bits per heavy atom. The molecule has 1 saturated heterocycles. The summed E-state index contributed by atoms with van der Waals surface area (Å²) < 4.78 is 3.02. The van der Waals surface area contributed by atoms with E-state index in [4.69, 9.17) is 0 Å². The maximum atomic E-state index is 12.8. The van der Waals surface area contributed by atoms with E-state index in [1.807, 2.05) is 35.2 Å². The lowest BCUT2D eigenvalue weighted by Crippen LogP contribution is -2.56. The number of likely N-dealkylation sites (tertiary alicyclic amines) is 1. The molecule has 1 N–H and O–H groups in total. The van der Waals surface area contributed by atoms with Gasteiger partial charge in [0, 0.05) is 24.7 Å². The van der Waals surface area contributed by atoms with E-state index in [0.717, 1.165) is 19.4 Å². The summed E-state index contributed by atoms with van der Waals surface area (Å²) in [5.41, 5.74) is -1.26. The number of rotatable bonds is 8. The lowest BCUT2D eigenvalue weighted by molar-refractivity contribution is -0.121. The largest absolute Gasteiger partial charge is 0.337 e. The summed E-state index contributed by atoms with van der Waals surface area (Å²) in [6.07, 6.45) is 4.10. The van der Waals surface area contributed by atoms with Crippen molar-refractivity contribution in [1.29, 1.82) is 0 Å². The van der Waals surface area contributed by atoms with Gasteiger partial charge in [0.05, 0.1) is 19.8 Å². The van der Waals surface area contributed by atoms with Gasteiger partial charge in [0.2, 0.25) is 5.91 Å². The summed E-state index contributed by atoms with van der Waals surface area (Å²) >= 11 is 0. The van der Waals surface area contributed by atoms with Crippen molar-refractivity contribution in [3.63, 3.8) is 0 Å². The Hall–Kier alpha value is -3.46. The summed E-state index contributed by atoms with van der Waals surface area (Å²) in [5.74, 6) is -0.170. The summed E-state index contributed by atoms with van der Waals surface area (Å²) in [5, 5.41) is 2.92. The Balaban J connectivity index is 1.72. The van der Waals surface area contributed by atoms with Crippen molar-refractivity contribution in [2.24, 2.45) is 5.92 Å². The normalized spacial score (nSPS) is 14.8. The number of nitrogens with zero attached hydrogens (tertiary/aromatic N) is 4. The van der Waals surface area contributed by atoms with Gasteiger partial charge in [-0.05, 0) is 25.0 Å². The van der Waals surface area contributed by atoms with Gasteiger partial charge in [-0.15, -0.1) is 13.2 Å². The molecule has 0 atom stereocenters. The number of anilines is 1. The molecule has 9 heteroatoms. The first-order valence-electron chi connectivity index (χ1n) is 10.2. The Kier molecular flexibility index (Phi) is 7.19. The average molecular weight is 425 g/mol. The molecule has 0 aliphatic carbocycles. The minimum Gasteiger partial charge on any atom is -0.326 e. The van der Waals surface area contributed by atoms with Gasteiger partial charge in [0.1, 0.15) is 0 Å². The number of aromatic nitrogens is 3. The van der Waals surface area contributed by atoms with Gasteiger partial charge in [-0.2, -0.15) is 0 Å². The van der Waals surface area contributed by atoms with Gasteiger partial charge >= 0.3 is 17.1 Å². The number of carbonyl (C=O) groups is 1. The molecule has 2 aromatic rings. The van der Waals surface area contributed by atoms with Gasteiger partial charge in [0.15, 0.2) is 0 Å². The zero-order chi connectivity index (χ0) is 22.4. The van der Waals surface area contributed by atoms with E-state index in [2.05, 4.69) is 18.5 Å². The van der Waals surface area contributed by atoms with Gasteiger partial charge in [-0.1, -0.05) is 30.4 Å². The topological polar surface area (TPSA) is 98.3 Å². The zero-order valence-corrected chi connectivity index (χ0v) is 17.4. The van der Waals surface area contributed by atoms with Crippen molar-refractivity contribution >= 4 is 11.6 Å². The van der Waals surface area contributed by atoms with Gasteiger partial charge < -0.3 is 5.32 Å². The average Bonchev–Trinajstić information content (AvgIpc) is 2.78. The van der Waals surface area contributed by atoms with Crippen LogP contribution in [0.15, 0.2) is 70.0 Å². The van der Waals surface area contributed by atoms with Gasteiger partial charge in [-0.25, -0.2) is 28.1 Å². The van der Waals surface area contributed by atoms with Crippen LogP contribution in [0.25, 0.3) is 0 Å². The molecule has 1 fully saturated rings. The lowest BCUT2D eigenvalue weighted by Gasteiger charge is -2.31. The van der Waals surface area contributed by atoms with E-state index in [-0.39, 0.29) is 31.6 Å². The van der Waals surface area contributed by atoms with Crippen LogP contribution < -0.4 is 22.4 Å². The second kappa shape index (κ2) is 10.0. The molecular weight excluding hydrogens is 398 g/mol. The highest BCUT2D eigenvalue weighted by Crippen LogP contribution is 2.19. The van der Waals surface area contributed by atoms with E-state index in [9.17, 15) is 19.2 Å². The van der Waals surface area contributed by atoms with E-state index in [1.165, 1.54) is 12.2 Å². The third-order valence-corrected chi connectivity index (χ3v) is 5.35. The van der Waals surface area contributed by atoms with Crippen molar-refractivity contribution in [3.8, 4) is 0 Å². The molecule has 31 heavy (non-hydrogen) atoms. The summed E-state index contributed by atoms with van der Waals surface area (Å²) in [4.78, 5) is 52.4. The number of nitrogens with one attached hydrogen (secondary N) is 1. The molecule has 1 amide bonds. The van der Waals surface area contributed by atoms with Crippen LogP contribution in [0, 0.1) is 5.92 Å². The van der Waals surface area contributed by atoms with Crippen LogP contribution in [0.2, 0.25) is 0 Å². The van der Waals surface area contributed by atoms with Gasteiger partial charge in [-0.3, -0.25) is 9.69 Å². The molecule has 2 heterocycles. The smallest absolute Gasteiger partial charge is 0.326 e. The van der Waals surface area contributed by atoms with Crippen LogP contribution in [0.5, 0.6) is 0 Å². The summed E-state index contributed by atoms with van der Waals surface area (Å²) in [6.45, 7) is 8.33. The monoisotopic (exact) mass is 425 g/mol. The molecular formula is C22H27N5O4. The standard InChI is InChI=1S/C22H27N5O4/c1-3-12-25-20(29)26(13-4-2)22(31)27(21(25)30)16-24-14-10-17(11-15-24)19(28)23-18-8-6-5-7-9-18/h3-9,17H,1-2,10-16H2,(H,23,28). The van der Waals surface area contributed by atoms with E-state index >= 15 is 0 Å². The van der Waals surface area contributed by atoms with E-state index in [1.54, 1.807) is 0 Å². The molecule has 0 saturated carbocycles. The second-order valence-electron chi connectivity index (χ2n) is 7.46.